The zero-order valence-corrected chi connectivity index (χ0v) is 16.8. The first-order valence-corrected chi connectivity index (χ1v) is 9.38. The Morgan fingerprint density at radius 2 is 2.11 bits per heavy atom. The van der Waals surface area contributed by atoms with Crippen molar-refractivity contribution in [2.24, 2.45) is 0 Å². The first kappa shape index (κ1) is 17.6. The molecule has 0 fully saturated rings. The van der Waals surface area contributed by atoms with E-state index in [1.54, 1.807) is 39.5 Å². The van der Waals surface area contributed by atoms with Crippen LogP contribution in [-0.4, -0.2) is 34.7 Å². The molecule has 1 N–H and O–H groups in total. The number of nitrogens with zero attached hydrogens (tertiary/aromatic N) is 6. The Bertz CT molecular complexity index is 1220. The fourth-order valence-electron chi connectivity index (χ4n) is 2.87. The molecule has 0 aliphatic heterocycles. The summed E-state index contributed by atoms with van der Waals surface area (Å²) < 4.78 is 5.65. The molecule has 0 unspecified atom stereocenters. The number of amides is 1. The van der Waals surface area contributed by atoms with Crippen LogP contribution < -0.4 is 10.9 Å². The Balaban J connectivity index is 1.64. The van der Waals surface area contributed by atoms with Crippen LogP contribution in [0.25, 0.3) is 11.2 Å². The largest absolute Gasteiger partial charge is 0.323 e. The van der Waals surface area contributed by atoms with Gasteiger partial charge in [0.1, 0.15) is 24.2 Å². The summed E-state index contributed by atoms with van der Waals surface area (Å²) in [6.07, 6.45) is 5.13. The zero-order valence-electron chi connectivity index (χ0n) is 14.6. The van der Waals surface area contributed by atoms with Gasteiger partial charge < -0.3 is 5.32 Å². The lowest BCUT2D eigenvalue weighted by Crippen LogP contribution is -2.32. The molecule has 138 valence electrons. The van der Waals surface area contributed by atoms with Crippen LogP contribution in [0.1, 0.15) is 25.6 Å². The minimum absolute atomic E-state index is 0.0989. The molecule has 0 spiro atoms. The second-order valence-electron chi connectivity index (χ2n) is 6.45. The van der Waals surface area contributed by atoms with Crippen LogP contribution in [0.2, 0.25) is 0 Å². The lowest BCUT2D eigenvalue weighted by atomic mass is 10.2. The monoisotopic (exact) mass is 477 g/mol. The molecular formula is C17H16IN7O2. The van der Waals surface area contributed by atoms with Gasteiger partial charge in [0.2, 0.25) is 5.91 Å². The van der Waals surface area contributed by atoms with Gasteiger partial charge in [-0.25, -0.2) is 4.68 Å². The molecule has 1 amide bonds. The molecule has 0 radical (unpaired) electrons. The van der Waals surface area contributed by atoms with Crippen molar-refractivity contribution < 1.29 is 4.79 Å². The normalized spacial score (nSPS) is 11.6. The summed E-state index contributed by atoms with van der Waals surface area (Å²) in [5.41, 5.74) is 1.48. The van der Waals surface area contributed by atoms with Crippen LogP contribution in [0.3, 0.4) is 0 Å². The summed E-state index contributed by atoms with van der Waals surface area (Å²) in [5.74, 6) is 0.491. The number of carbonyl (C=O) groups is 1. The Kier molecular flexibility index (Phi) is 4.42. The summed E-state index contributed by atoms with van der Waals surface area (Å²) >= 11 is 2.16. The average Bonchev–Trinajstić information content (AvgIpc) is 3.22. The summed E-state index contributed by atoms with van der Waals surface area (Å²) in [6.45, 7) is 3.83. The second-order valence-corrected chi connectivity index (χ2v) is 7.70. The molecular weight excluding hydrogens is 461 g/mol. The van der Waals surface area contributed by atoms with Crippen LogP contribution in [0, 0.1) is 3.57 Å². The van der Waals surface area contributed by atoms with Crippen LogP contribution in [-0.2, 0) is 11.3 Å². The van der Waals surface area contributed by atoms with Crippen molar-refractivity contribution in [3.05, 3.63) is 56.7 Å². The first-order chi connectivity index (χ1) is 12.9. The highest BCUT2D eigenvalue weighted by atomic mass is 127. The van der Waals surface area contributed by atoms with E-state index < -0.39 is 0 Å². The van der Waals surface area contributed by atoms with Gasteiger partial charge in [-0.2, -0.15) is 5.10 Å². The third-order valence-corrected chi connectivity index (χ3v) is 4.68. The number of nitrogens with one attached hydrogen (secondary N) is 1. The molecule has 0 aromatic carbocycles. The zero-order chi connectivity index (χ0) is 19.1. The number of halogens is 1. The third kappa shape index (κ3) is 3.31. The molecule has 27 heavy (non-hydrogen) atoms. The number of rotatable bonds is 4. The first-order valence-electron chi connectivity index (χ1n) is 8.30. The number of anilines is 1. The third-order valence-electron chi connectivity index (χ3n) is 4.09. The lowest BCUT2D eigenvalue weighted by Gasteiger charge is -2.12. The Labute approximate surface area is 167 Å². The van der Waals surface area contributed by atoms with Gasteiger partial charge >= 0.3 is 0 Å². The molecule has 0 atom stereocenters. The van der Waals surface area contributed by atoms with Crippen LogP contribution in [0.15, 0.2) is 41.7 Å². The summed E-state index contributed by atoms with van der Waals surface area (Å²) in [7, 11) is 0. The minimum atomic E-state index is -0.336. The summed E-state index contributed by atoms with van der Waals surface area (Å²) in [4.78, 5) is 25.2. The number of aromatic nitrogens is 6. The lowest BCUT2D eigenvalue weighted by molar-refractivity contribution is -0.117. The van der Waals surface area contributed by atoms with E-state index in [1.165, 1.54) is 4.68 Å². The van der Waals surface area contributed by atoms with Crippen molar-refractivity contribution >= 4 is 45.3 Å². The van der Waals surface area contributed by atoms with Gasteiger partial charge in [0.25, 0.3) is 5.56 Å². The van der Waals surface area contributed by atoms with Crippen molar-refractivity contribution in [3.8, 4) is 0 Å². The maximum atomic E-state index is 12.7. The maximum Gasteiger partial charge on any atom is 0.291 e. The smallest absolute Gasteiger partial charge is 0.291 e. The van der Waals surface area contributed by atoms with Crippen molar-refractivity contribution in [1.82, 2.24) is 28.8 Å². The van der Waals surface area contributed by atoms with E-state index in [4.69, 9.17) is 0 Å². The van der Waals surface area contributed by atoms with Crippen molar-refractivity contribution in [2.75, 3.05) is 5.32 Å². The maximum absolute atomic E-state index is 12.7. The molecule has 0 bridgehead atoms. The predicted molar refractivity (Wildman–Crippen MR) is 108 cm³/mol. The average molecular weight is 477 g/mol. The highest BCUT2D eigenvalue weighted by molar-refractivity contribution is 14.1. The fourth-order valence-corrected chi connectivity index (χ4v) is 3.45. The molecule has 0 aliphatic carbocycles. The van der Waals surface area contributed by atoms with Crippen molar-refractivity contribution in [1.29, 1.82) is 0 Å². The van der Waals surface area contributed by atoms with E-state index in [9.17, 15) is 9.59 Å². The highest BCUT2D eigenvalue weighted by Gasteiger charge is 2.16. The van der Waals surface area contributed by atoms with Crippen LogP contribution in [0.4, 0.5) is 5.69 Å². The van der Waals surface area contributed by atoms with Gasteiger partial charge in [-0.05, 0) is 40.8 Å². The van der Waals surface area contributed by atoms with Crippen molar-refractivity contribution in [3.63, 3.8) is 0 Å². The Morgan fingerprint density at radius 3 is 2.89 bits per heavy atom. The molecule has 9 nitrogen and oxygen atoms in total. The van der Waals surface area contributed by atoms with Gasteiger partial charge in [0.05, 0.1) is 5.69 Å². The molecule has 4 heterocycles. The Hall–Kier alpha value is -2.76. The van der Waals surface area contributed by atoms with Crippen molar-refractivity contribution in [2.45, 2.75) is 26.3 Å². The number of pyridine rings is 1. The van der Waals surface area contributed by atoms with Gasteiger partial charge in [0, 0.05) is 21.9 Å². The van der Waals surface area contributed by atoms with Gasteiger partial charge in [-0.1, -0.05) is 13.8 Å². The predicted octanol–water partition coefficient (Wildman–Crippen LogP) is 1.91. The van der Waals surface area contributed by atoms with E-state index >= 15 is 0 Å². The molecule has 4 aromatic rings. The molecule has 4 rings (SSSR count). The SMILES string of the molecule is CC(C)c1nn(CC(=O)Nc2ccc3nncn3c2)c(=O)c2cc(I)cn12. The molecule has 0 saturated heterocycles. The summed E-state index contributed by atoms with van der Waals surface area (Å²) in [6, 6.07) is 5.28. The quantitative estimate of drug-likeness (QED) is 0.453. The number of carbonyl (C=O) groups excluding carboxylic acids is 1. The number of hydrogen-bond donors (Lipinski definition) is 1. The number of fused-ring (bicyclic) bond motifs is 2. The van der Waals surface area contributed by atoms with Gasteiger partial charge in [-0.15, -0.1) is 10.2 Å². The topological polar surface area (TPSA) is 98.6 Å². The standard InChI is InChI=1S/C17H16IN7O2/c1-10(2)16-22-25(17(27)13-5-11(18)6-24(13)16)8-15(26)20-12-3-4-14-21-19-9-23(14)7-12/h3-7,9-10H,8H2,1-2H3,(H,20,26). The minimum Gasteiger partial charge on any atom is -0.323 e. The van der Waals surface area contributed by atoms with Crippen LogP contribution >= 0.6 is 22.6 Å². The van der Waals surface area contributed by atoms with E-state index in [2.05, 4.69) is 43.2 Å². The second kappa shape index (κ2) is 6.76. The Morgan fingerprint density at radius 1 is 1.30 bits per heavy atom. The molecule has 0 aliphatic rings. The molecule has 0 saturated carbocycles. The summed E-state index contributed by atoms with van der Waals surface area (Å²) in [5, 5.41) is 14.9. The van der Waals surface area contributed by atoms with E-state index in [0.29, 0.717) is 16.9 Å². The number of hydrogen-bond acceptors (Lipinski definition) is 5. The fraction of sp³-hybridized carbons (Fsp3) is 0.235. The van der Waals surface area contributed by atoms with E-state index in [1.807, 2.05) is 20.0 Å². The van der Waals surface area contributed by atoms with E-state index in [-0.39, 0.29) is 23.9 Å². The van der Waals surface area contributed by atoms with E-state index in [0.717, 1.165) is 9.39 Å². The molecule has 10 heteroatoms. The van der Waals surface area contributed by atoms with Gasteiger partial charge in [-0.3, -0.25) is 18.4 Å². The highest BCUT2D eigenvalue weighted by Crippen LogP contribution is 2.16. The van der Waals surface area contributed by atoms with Crippen LogP contribution in [0.5, 0.6) is 0 Å². The molecule has 4 aromatic heterocycles. The van der Waals surface area contributed by atoms with Gasteiger partial charge in [0.15, 0.2) is 5.65 Å².